The Bertz CT molecular complexity index is 361. The van der Waals surface area contributed by atoms with E-state index in [1.165, 1.54) is 12.8 Å². The van der Waals surface area contributed by atoms with E-state index in [2.05, 4.69) is 11.9 Å². The summed E-state index contributed by atoms with van der Waals surface area (Å²) in [5.74, 6) is 1.81. The molecule has 1 aliphatic rings. The number of aliphatic hydroxyl groups is 1. The number of nitrogens with zero attached hydrogens (tertiary/aromatic N) is 2. The fourth-order valence-electron chi connectivity index (χ4n) is 2.91. The Labute approximate surface area is 104 Å². The van der Waals surface area contributed by atoms with E-state index in [1.807, 2.05) is 24.0 Å². The molecule has 0 radical (unpaired) electrons. The molecule has 1 N–H and O–H groups in total. The minimum atomic E-state index is -0.525. The lowest BCUT2D eigenvalue weighted by Crippen LogP contribution is -2.32. The maximum atomic E-state index is 10.7. The summed E-state index contributed by atoms with van der Waals surface area (Å²) in [5.41, 5.74) is -0.525. The van der Waals surface area contributed by atoms with Gasteiger partial charge in [0.05, 0.1) is 5.60 Å². The van der Waals surface area contributed by atoms with Crippen molar-refractivity contribution in [2.45, 2.75) is 57.5 Å². The van der Waals surface area contributed by atoms with Crippen LogP contribution in [0, 0.1) is 5.92 Å². The van der Waals surface area contributed by atoms with E-state index in [-0.39, 0.29) is 0 Å². The molecule has 3 nitrogen and oxygen atoms in total. The molecule has 3 heteroatoms. The van der Waals surface area contributed by atoms with Crippen LogP contribution < -0.4 is 0 Å². The number of hydrogen-bond donors (Lipinski definition) is 1. The van der Waals surface area contributed by atoms with Crippen molar-refractivity contribution in [1.82, 2.24) is 9.55 Å². The second-order valence-corrected chi connectivity index (χ2v) is 5.56. The molecule has 1 fully saturated rings. The van der Waals surface area contributed by atoms with Gasteiger partial charge in [-0.1, -0.05) is 26.2 Å². The van der Waals surface area contributed by atoms with E-state index in [9.17, 15) is 5.11 Å². The fourth-order valence-corrected chi connectivity index (χ4v) is 2.91. The van der Waals surface area contributed by atoms with Gasteiger partial charge in [0, 0.05) is 25.9 Å². The molecule has 0 spiro atoms. The summed E-state index contributed by atoms with van der Waals surface area (Å²) in [6.45, 7) is 2.26. The van der Waals surface area contributed by atoms with Gasteiger partial charge in [-0.3, -0.25) is 0 Å². The van der Waals surface area contributed by atoms with Crippen molar-refractivity contribution < 1.29 is 5.11 Å². The molecule has 17 heavy (non-hydrogen) atoms. The van der Waals surface area contributed by atoms with Crippen LogP contribution >= 0.6 is 0 Å². The van der Waals surface area contributed by atoms with Gasteiger partial charge in [-0.2, -0.15) is 0 Å². The molecular weight excluding hydrogens is 212 g/mol. The summed E-state index contributed by atoms with van der Waals surface area (Å²) in [5, 5.41) is 10.7. The van der Waals surface area contributed by atoms with Crippen LogP contribution in [-0.2, 0) is 13.5 Å². The Morgan fingerprint density at radius 3 is 2.94 bits per heavy atom. The van der Waals surface area contributed by atoms with Gasteiger partial charge in [-0.05, 0) is 25.2 Å². The first-order valence-corrected chi connectivity index (χ1v) is 6.81. The Kier molecular flexibility index (Phi) is 3.87. The van der Waals surface area contributed by atoms with Crippen LogP contribution in [0.3, 0.4) is 0 Å². The standard InChI is InChI=1S/C14H24N2O/c1-3-12-5-4-7-14(17,8-6-12)11-13-15-9-10-16(13)2/h9-10,12,17H,3-8,11H2,1-2H3. The summed E-state index contributed by atoms with van der Waals surface area (Å²) in [7, 11) is 2.00. The molecule has 2 unspecified atom stereocenters. The Morgan fingerprint density at radius 2 is 2.29 bits per heavy atom. The van der Waals surface area contributed by atoms with Gasteiger partial charge in [-0.25, -0.2) is 4.98 Å². The van der Waals surface area contributed by atoms with Gasteiger partial charge in [-0.15, -0.1) is 0 Å². The molecule has 2 rings (SSSR count). The summed E-state index contributed by atoms with van der Waals surface area (Å²) < 4.78 is 2.01. The van der Waals surface area contributed by atoms with Crippen molar-refractivity contribution in [3.05, 3.63) is 18.2 Å². The first kappa shape index (κ1) is 12.6. The van der Waals surface area contributed by atoms with Gasteiger partial charge in [0.2, 0.25) is 0 Å². The van der Waals surface area contributed by atoms with Gasteiger partial charge in [0.25, 0.3) is 0 Å². The molecule has 1 aromatic rings. The van der Waals surface area contributed by atoms with Crippen LogP contribution in [0.25, 0.3) is 0 Å². The van der Waals surface area contributed by atoms with Crippen LogP contribution in [0.2, 0.25) is 0 Å². The van der Waals surface area contributed by atoms with Crippen LogP contribution in [0.1, 0.15) is 51.3 Å². The third kappa shape index (κ3) is 3.09. The summed E-state index contributed by atoms with van der Waals surface area (Å²) >= 11 is 0. The number of aryl methyl sites for hydroxylation is 1. The average Bonchev–Trinajstić information content (AvgIpc) is 2.60. The lowest BCUT2D eigenvalue weighted by Gasteiger charge is -2.26. The number of rotatable bonds is 3. The van der Waals surface area contributed by atoms with Crippen molar-refractivity contribution in [3.8, 4) is 0 Å². The molecule has 1 saturated carbocycles. The molecule has 0 aromatic carbocycles. The highest BCUT2D eigenvalue weighted by Gasteiger charge is 2.31. The number of aromatic nitrogens is 2. The zero-order chi connectivity index (χ0) is 12.3. The molecule has 0 bridgehead atoms. The highest BCUT2D eigenvalue weighted by molar-refractivity contribution is 4.99. The molecule has 96 valence electrons. The second-order valence-electron chi connectivity index (χ2n) is 5.56. The molecule has 1 heterocycles. The van der Waals surface area contributed by atoms with E-state index < -0.39 is 5.60 Å². The van der Waals surface area contributed by atoms with E-state index in [0.29, 0.717) is 6.42 Å². The van der Waals surface area contributed by atoms with Crippen LogP contribution in [0.4, 0.5) is 0 Å². The third-order valence-electron chi connectivity index (χ3n) is 4.26. The monoisotopic (exact) mass is 236 g/mol. The molecule has 0 aliphatic heterocycles. The number of imidazole rings is 1. The smallest absolute Gasteiger partial charge is 0.111 e. The van der Waals surface area contributed by atoms with Gasteiger partial charge in [0.15, 0.2) is 0 Å². The minimum absolute atomic E-state index is 0.525. The van der Waals surface area contributed by atoms with E-state index in [4.69, 9.17) is 0 Å². The van der Waals surface area contributed by atoms with Crippen LogP contribution in [0.15, 0.2) is 12.4 Å². The molecule has 1 aromatic heterocycles. The normalized spacial score (nSPS) is 30.2. The van der Waals surface area contributed by atoms with E-state index in [1.54, 1.807) is 0 Å². The van der Waals surface area contributed by atoms with E-state index in [0.717, 1.165) is 37.4 Å². The zero-order valence-electron chi connectivity index (χ0n) is 11.0. The third-order valence-corrected chi connectivity index (χ3v) is 4.26. The maximum absolute atomic E-state index is 10.7. The lowest BCUT2D eigenvalue weighted by atomic mass is 9.89. The molecular formula is C14H24N2O. The van der Waals surface area contributed by atoms with Crippen LogP contribution in [-0.4, -0.2) is 20.3 Å². The van der Waals surface area contributed by atoms with Crippen LogP contribution in [0.5, 0.6) is 0 Å². The molecule has 0 amide bonds. The summed E-state index contributed by atoms with van der Waals surface area (Å²) in [6, 6.07) is 0. The first-order valence-electron chi connectivity index (χ1n) is 6.81. The van der Waals surface area contributed by atoms with Crippen molar-refractivity contribution in [3.63, 3.8) is 0 Å². The fraction of sp³-hybridized carbons (Fsp3) is 0.786. The number of hydrogen-bond acceptors (Lipinski definition) is 2. The maximum Gasteiger partial charge on any atom is 0.111 e. The van der Waals surface area contributed by atoms with Crippen molar-refractivity contribution >= 4 is 0 Å². The predicted molar refractivity (Wildman–Crippen MR) is 68.7 cm³/mol. The average molecular weight is 236 g/mol. The summed E-state index contributed by atoms with van der Waals surface area (Å²) in [6.07, 6.45) is 11.2. The lowest BCUT2D eigenvalue weighted by molar-refractivity contribution is 0.0217. The highest BCUT2D eigenvalue weighted by Crippen LogP contribution is 2.33. The highest BCUT2D eigenvalue weighted by atomic mass is 16.3. The summed E-state index contributed by atoms with van der Waals surface area (Å²) in [4.78, 5) is 4.33. The van der Waals surface area contributed by atoms with Gasteiger partial charge in [0.1, 0.15) is 5.82 Å². The van der Waals surface area contributed by atoms with Crippen molar-refractivity contribution in [2.75, 3.05) is 0 Å². The predicted octanol–water partition coefficient (Wildman–Crippen LogP) is 2.68. The molecule has 1 aliphatic carbocycles. The van der Waals surface area contributed by atoms with Crippen molar-refractivity contribution in [1.29, 1.82) is 0 Å². The van der Waals surface area contributed by atoms with Gasteiger partial charge < -0.3 is 9.67 Å². The molecule has 2 atom stereocenters. The Morgan fingerprint density at radius 1 is 1.47 bits per heavy atom. The van der Waals surface area contributed by atoms with Crippen molar-refractivity contribution in [2.24, 2.45) is 13.0 Å². The Balaban J connectivity index is 2.01. The van der Waals surface area contributed by atoms with E-state index >= 15 is 0 Å². The SMILES string of the molecule is CCC1CCCC(O)(Cc2nccn2C)CC1. The zero-order valence-corrected chi connectivity index (χ0v) is 11.0. The largest absolute Gasteiger partial charge is 0.389 e. The quantitative estimate of drug-likeness (QED) is 0.819. The topological polar surface area (TPSA) is 38.1 Å². The molecule has 0 saturated heterocycles. The second kappa shape index (κ2) is 5.21. The van der Waals surface area contributed by atoms with Gasteiger partial charge >= 0.3 is 0 Å². The Hall–Kier alpha value is -0.830. The first-order chi connectivity index (χ1) is 8.13. The minimum Gasteiger partial charge on any atom is -0.389 e.